The zero-order chi connectivity index (χ0) is 6.57. The molecule has 0 rings (SSSR count). The molecule has 0 fully saturated rings. The molecule has 0 aliphatic heterocycles. The smallest absolute Gasteiger partial charge is 0 e. The third-order valence-corrected chi connectivity index (χ3v) is 1.34. The first-order valence-electron chi connectivity index (χ1n) is 3.14. The van der Waals surface area contributed by atoms with Crippen LogP contribution in [0.1, 0.15) is 27.7 Å². The predicted molar refractivity (Wildman–Crippen MR) is 38.6 cm³/mol. The van der Waals surface area contributed by atoms with Crippen molar-refractivity contribution < 1.29 is 98.1 Å². The number of rotatable bonds is 2. The molecule has 0 N–H and O–H groups in total. The van der Waals surface area contributed by atoms with Crippen molar-refractivity contribution in [3.8, 4) is 0 Å². The SMILES string of the molecule is C[CH-]/C=C(\C)C(C)C.[Y].[Y].[Y]. The standard InChI is InChI=1S/C8H15.3Y/c1-5-6-8(4)7(2)3;;;/h5-7H,1-4H3;;;/q-1;;;/b8-6+;;;. The molecule has 3 heteroatoms. The van der Waals surface area contributed by atoms with E-state index in [1.54, 1.807) is 0 Å². The van der Waals surface area contributed by atoms with E-state index in [1.165, 1.54) is 5.57 Å². The molecular weight excluding hydrogens is 363 g/mol. The second-order valence-electron chi connectivity index (χ2n) is 2.40. The Morgan fingerprint density at radius 2 is 1.55 bits per heavy atom. The summed E-state index contributed by atoms with van der Waals surface area (Å²) in [6.07, 6.45) is 4.24. The Balaban J connectivity index is -0.0000000817. The molecule has 0 unspecified atom stereocenters. The van der Waals surface area contributed by atoms with E-state index in [9.17, 15) is 0 Å². The minimum atomic E-state index is 0. The van der Waals surface area contributed by atoms with Gasteiger partial charge in [-0.25, -0.2) is 18.1 Å². The van der Waals surface area contributed by atoms with Crippen LogP contribution < -0.4 is 0 Å². The normalized spacial score (nSPS) is 9.00. The summed E-state index contributed by atoms with van der Waals surface area (Å²) in [7, 11) is 0. The van der Waals surface area contributed by atoms with Gasteiger partial charge >= 0.3 is 0 Å². The topological polar surface area (TPSA) is 0 Å². The Labute approximate surface area is 147 Å². The van der Waals surface area contributed by atoms with E-state index >= 15 is 0 Å². The molecule has 11 heavy (non-hydrogen) atoms. The first-order valence-corrected chi connectivity index (χ1v) is 3.14. The van der Waals surface area contributed by atoms with Crippen molar-refractivity contribution in [2.75, 3.05) is 0 Å². The van der Waals surface area contributed by atoms with Crippen molar-refractivity contribution in [2.24, 2.45) is 5.92 Å². The molecule has 0 bridgehead atoms. The fourth-order valence-electron chi connectivity index (χ4n) is 0.455. The van der Waals surface area contributed by atoms with Gasteiger partial charge in [0.25, 0.3) is 0 Å². The molecule has 0 aromatic heterocycles. The van der Waals surface area contributed by atoms with E-state index in [0.717, 1.165) is 0 Å². The van der Waals surface area contributed by atoms with Crippen LogP contribution in [0.2, 0.25) is 0 Å². The molecule has 0 saturated carbocycles. The Kier molecular flexibility index (Phi) is 33.1. The summed E-state index contributed by atoms with van der Waals surface area (Å²) in [4.78, 5) is 0. The van der Waals surface area contributed by atoms with Crippen molar-refractivity contribution in [1.29, 1.82) is 0 Å². The maximum absolute atomic E-state index is 2.20. The molecule has 0 atom stereocenters. The molecule has 0 nitrogen and oxygen atoms in total. The van der Waals surface area contributed by atoms with Crippen LogP contribution in [0.15, 0.2) is 11.6 Å². The summed E-state index contributed by atoms with van der Waals surface area (Å²) in [6.45, 7) is 8.61. The summed E-state index contributed by atoms with van der Waals surface area (Å²) in [6, 6.07) is 0. The van der Waals surface area contributed by atoms with Gasteiger partial charge in [0.1, 0.15) is 0 Å². The Morgan fingerprint density at radius 3 is 1.64 bits per heavy atom. The molecule has 0 amide bonds. The van der Waals surface area contributed by atoms with Gasteiger partial charge in [0.05, 0.1) is 0 Å². The van der Waals surface area contributed by atoms with Gasteiger partial charge in [0.2, 0.25) is 0 Å². The van der Waals surface area contributed by atoms with Crippen LogP contribution in [-0.2, 0) is 98.1 Å². The largest absolute Gasteiger partial charge is 0.233 e. The van der Waals surface area contributed by atoms with Crippen LogP contribution in [-0.4, -0.2) is 0 Å². The van der Waals surface area contributed by atoms with E-state index in [0.29, 0.717) is 5.92 Å². The number of allylic oxidation sites excluding steroid dienone is 2. The van der Waals surface area contributed by atoms with E-state index < -0.39 is 0 Å². The summed E-state index contributed by atoms with van der Waals surface area (Å²) in [5.74, 6) is 0.700. The van der Waals surface area contributed by atoms with E-state index in [4.69, 9.17) is 0 Å². The fraction of sp³-hybridized carbons (Fsp3) is 0.625. The molecule has 0 saturated heterocycles. The van der Waals surface area contributed by atoms with E-state index in [2.05, 4.69) is 33.3 Å². The third-order valence-electron chi connectivity index (χ3n) is 1.34. The van der Waals surface area contributed by atoms with Gasteiger partial charge in [-0.15, -0.1) is 13.8 Å². The molecule has 0 heterocycles. The molecule has 57 valence electrons. The second kappa shape index (κ2) is 15.4. The van der Waals surface area contributed by atoms with Gasteiger partial charge in [-0.3, -0.25) is 0 Å². The summed E-state index contributed by atoms with van der Waals surface area (Å²) in [5.41, 5.74) is 1.45. The Bertz CT molecular complexity index is 87.3. The van der Waals surface area contributed by atoms with Gasteiger partial charge < -0.3 is 0 Å². The van der Waals surface area contributed by atoms with Crippen molar-refractivity contribution in [3.05, 3.63) is 18.1 Å². The minimum absolute atomic E-state index is 0. The zero-order valence-electron chi connectivity index (χ0n) is 7.96. The van der Waals surface area contributed by atoms with Gasteiger partial charge in [-0.2, -0.15) is 0 Å². The van der Waals surface area contributed by atoms with Crippen molar-refractivity contribution >= 4 is 0 Å². The maximum atomic E-state index is 2.20. The van der Waals surface area contributed by atoms with Gasteiger partial charge in [-0.1, -0.05) is 19.8 Å². The van der Waals surface area contributed by atoms with Crippen LogP contribution in [0.4, 0.5) is 0 Å². The molecule has 0 aliphatic carbocycles. The van der Waals surface area contributed by atoms with Gasteiger partial charge in [0, 0.05) is 98.1 Å². The van der Waals surface area contributed by atoms with E-state index in [1.807, 2.05) is 6.92 Å². The zero-order valence-corrected chi connectivity index (χ0v) is 16.5. The first-order chi connectivity index (χ1) is 3.68. The maximum Gasteiger partial charge on any atom is 0 e. The van der Waals surface area contributed by atoms with Crippen LogP contribution in [0.25, 0.3) is 0 Å². The summed E-state index contributed by atoms with van der Waals surface area (Å²) >= 11 is 0. The molecule has 0 aromatic rings. The average Bonchev–Trinajstić information content (AvgIpc) is 1.67. The summed E-state index contributed by atoms with van der Waals surface area (Å²) in [5, 5.41) is 0. The van der Waals surface area contributed by atoms with Gasteiger partial charge in [0.15, 0.2) is 0 Å². The third kappa shape index (κ3) is 15.7. The molecule has 0 aromatic carbocycles. The van der Waals surface area contributed by atoms with E-state index in [-0.39, 0.29) is 98.1 Å². The Morgan fingerprint density at radius 1 is 1.18 bits per heavy atom. The minimum Gasteiger partial charge on any atom is -0.233 e. The van der Waals surface area contributed by atoms with Crippen LogP contribution in [0.5, 0.6) is 0 Å². The fourth-order valence-corrected chi connectivity index (χ4v) is 0.455. The van der Waals surface area contributed by atoms with Crippen molar-refractivity contribution in [1.82, 2.24) is 0 Å². The first kappa shape index (κ1) is 23.6. The monoisotopic (exact) mass is 378 g/mol. The quantitative estimate of drug-likeness (QED) is 0.649. The predicted octanol–water partition coefficient (Wildman–Crippen LogP) is 2.81. The van der Waals surface area contributed by atoms with Crippen LogP contribution >= 0.6 is 0 Å². The molecule has 3 radical (unpaired) electrons. The second-order valence-corrected chi connectivity index (χ2v) is 2.40. The number of hydrogen-bond acceptors (Lipinski definition) is 0. The summed E-state index contributed by atoms with van der Waals surface area (Å²) < 4.78 is 0. The van der Waals surface area contributed by atoms with Crippen molar-refractivity contribution in [3.63, 3.8) is 0 Å². The molecular formula is C8H15Y3-. The molecule has 0 spiro atoms. The number of hydrogen-bond donors (Lipinski definition) is 0. The molecule has 0 aliphatic rings. The van der Waals surface area contributed by atoms with Crippen LogP contribution in [0.3, 0.4) is 0 Å². The Hall–Kier alpha value is 2.92. The van der Waals surface area contributed by atoms with Crippen LogP contribution in [0, 0.1) is 12.3 Å². The average molecular weight is 378 g/mol. The van der Waals surface area contributed by atoms with Crippen molar-refractivity contribution in [2.45, 2.75) is 27.7 Å². The van der Waals surface area contributed by atoms with Gasteiger partial charge in [-0.05, 0) is 0 Å².